The summed E-state index contributed by atoms with van der Waals surface area (Å²) in [6, 6.07) is 27.5. The topological polar surface area (TPSA) is 97.7 Å². The first-order chi connectivity index (χ1) is 21.3. The first-order valence-electron chi connectivity index (χ1n) is 14.0. The molecule has 0 aliphatic carbocycles. The number of rotatable bonds is 11. The van der Waals surface area contributed by atoms with Gasteiger partial charge in [-0.1, -0.05) is 48.0 Å². The van der Waals surface area contributed by atoms with Crippen LogP contribution in [0.4, 0.5) is 5.69 Å². The van der Waals surface area contributed by atoms with E-state index in [0.29, 0.717) is 46.2 Å². The number of ether oxygens (including phenoxy) is 3. The summed E-state index contributed by atoms with van der Waals surface area (Å²) in [7, 11) is 1.60. The van der Waals surface area contributed by atoms with Crippen molar-refractivity contribution >= 4 is 40.6 Å². The average Bonchev–Trinajstić information content (AvgIpc) is 3.31. The highest BCUT2D eigenvalue weighted by Gasteiger charge is 2.33. The van der Waals surface area contributed by atoms with Crippen LogP contribution in [0.2, 0.25) is 0 Å². The molecule has 4 aromatic carbocycles. The first kappa shape index (κ1) is 30.4. The molecule has 8 nitrogen and oxygen atoms in total. The number of hydrogen-bond acceptors (Lipinski definition) is 7. The fraction of sp³-hybridized carbons (Fsp3) is 0.171. The lowest BCUT2D eigenvalue weighted by atomic mass is 10.1. The molecule has 1 heterocycles. The van der Waals surface area contributed by atoms with Crippen molar-refractivity contribution in [3.8, 4) is 17.2 Å². The lowest BCUT2D eigenvalue weighted by Crippen LogP contribution is -2.28. The molecule has 9 heteroatoms. The Balaban J connectivity index is 1.42. The molecule has 0 spiro atoms. The van der Waals surface area contributed by atoms with Crippen LogP contribution in [0.1, 0.15) is 39.5 Å². The van der Waals surface area contributed by atoms with Gasteiger partial charge >= 0.3 is 5.97 Å². The van der Waals surface area contributed by atoms with E-state index >= 15 is 0 Å². The van der Waals surface area contributed by atoms with E-state index in [2.05, 4.69) is 0 Å². The second-order valence-corrected chi connectivity index (χ2v) is 11.0. The molecule has 44 heavy (non-hydrogen) atoms. The maximum absolute atomic E-state index is 13.7. The molecule has 1 aliphatic heterocycles. The van der Waals surface area contributed by atoms with Gasteiger partial charge in [0.2, 0.25) is 0 Å². The Morgan fingerprint density at radius 3 is 2.27 bits per heavy atom. The highest BCUT2D eigenvalue weighted by molar-refractivity contribution is 8.18. The molecule has 0 atom stereocenters. The normalized spacial score (nSPS) is 14.7. The zero-order valence-corrected chi connectivity index (χ0v) is 25.5. The molecule has 1 amide bonds. The van der Waals surface area contributed by atoms with E-state index in [4.69, 9.17) is 19.2 Å². The Hall–Kier alpha value is -5.02. The number of nitrogens with zero attached hydrogens (tertiary/aromatic N) is 2. The second-order valence-electron chi connectivity index (χ2n) is 10.0. The standard InChI is InChI=1S/C35H32N2O6S/c1-4-42-31-19-26(11-18-30(31)43-22-25-7-5-23(2)6-8-25)20-32-33(38)37(21-24-9-12-27(13-10-24)34(39)40)35(44-32)36-28-14-16-29(41-3)17-15-28/h5-20H,4,21-22H2,1-3H3,(H,39,40)/b32-20-,36-35?. The SMILES string of the molecule is CCOc1cc(/C=C2\SC(=Nc3ccc(OC)cc3)N(Cc3ccc(C(=O)O)cc3)C2=O)ccc1OCc1ccc(C)cc1. The molecule has 0 bridgehead atoms. The van der Waals surface area contributed by atoms with E-state index in [1.807, 2.05) is 86.7 Å². The number of carbonyl (C=O) groups is 2. The van der Waals surface area contributed by atoms with Crippen molar-refractivity contribution in [3.63, 3.8) is 0 Å². The molecule has 4 aromatic rings. The summed E-state index contributed by atoms with van der Waals surface area (Å²) in [5.41, 5.74) is 4.65. The van der Waals surface area contributed by atoms with Crippen molar-refractivity contribution in [1.82, 2.24) is 4.90 Å². The van der Waals surface area contributed by atoms with Gasteiger partial charge in [0.15, 0.2) is 16.7 Å². The van der Waals surface area contributed by atoms with Crippen LogP contribution >= 0.6 is 11.8 Å². The lowest BCUT2D eigenvalue weighted by Gasteiger charge is -2.16. The monoisotopic (exact) mass is 608 g/mol. The third-order valence-electron chi connectivity index (χ3n) is 6.81. The van der Waals surface area contributed by atoms with Gasteiger partial charge in [0, 0.05) is 0 Å². The number of aliphatic imine (C=N–C) groups is 1. The first-order valence-corrected chi connectivity index (χ1v) is 14.9. The van der Waals surface area contributed by atoms with Gasteiger partial charge in [-0.2, -0.15) is 0 Å². The molecule has 0 radical (unpaired) electrons. The molecule has 1 N–H and O–H groups in total. The lowest BCUT2D eigenvalue weighted by molar-refractivity contribution is -0.122. The Bertz CT molecular complexity index is 1700. The van der Waals surface area contributed by atoms with Crippen molar-refractivity contribution in [1.29, 1.82) is 0 Å². The van der Waals surface area contributed by atoms with Gasteiger partial charge in [0.05, 0.1) is 36.4 Å². The minimum atomic E-state index is -1.01. The predicted molar refractivity (Wildman–Crippen MR) is 173 cm³/mol. The van der Waals surface area contributed by atoms with Crippen LogP contribution in [0.15, 0.2) is 101 Å². The van der Waals surface area contributed by atoms with Gasteiger partial charge in [0.1, 0.15) is 12.4 Å². The zero-order valence-electron chi connectivity index (χ0n) is 24.7. The molecule has 224 valence electrons. The van der Waals surface area contributed by atoms with Crippen molar-refractivity contribution in [2.75, 3.05) is 13.7 Å². The van der Waals surface area contributed by atoms with E-state index in [0.717, 1.165) is 16.7 Å². The summed E-state index contributed by atoms with van der Waals surface area (Å²) < 4.78 is 17.2. The van der Waals surface area contributed by atoms with Crippen LogP contribution in [0.3, 0.4) is 0 Å². The van der Waals surface area contributed by atoms with Crippen molar-refractivity contribution < 1.29 is 28.9 Å². The van der Waals surface area contributed by atoms with E-state index in [1.165, 1.54) is 29.5 Å². The van der Waals surface area contributed by atoms with Crippen molar-refractivity contribution in [3.05, 3.63) is 124 Å². The summed E-state index contributed by atoms with van der Waals surface area (Å²) in [4.78, 5) is 31.9. The summed E-state index contributed by atoms with van der Waals surface area (Å²) >= 11 is 1.28. The quantitative estimate of drug-likeness (QED) is 0.176. The van der Waals surface area contributed by atoms with Crippen molar-refractivity contribution in [2.45, 2.75) is 27.0 Å². The molecule has 5 rings (SSSR count). The minimum Gasteiger partial charge on any atom is -0.497 e. The maximum atomic E-state index is 13.7. The van der Waals surface area contributed by atoms with E-state index in [9.17, 15) is 14.7 Å². The van der Waals surface area contributed by atoms with Crippen LogP contribution in [0.25, 0.3) is 6.08 Å². The minimum absolute atomic E-state index is 0.181. The summed E-state index contributed by atoms with van der Waals surface area (Å²) in [5.74, 6) is 0.702. The largest absolute Gasteiger partial charge is 0.497 e. The molecule has 0 unspecified atom stereocenters. The second kappa shape index (κ2) is 14.0. The number of thioether (sulfide) groups is 1. The molecule has 0 aromatic heterocycles. The molecule has 1 aliphatic rings. The van der Waals surface area contributed by atoms with Gasteiger partial charge in [-0.15, -0.1) is 0 Å². The number of aromatic carboxylic acids is 1. The number of amidine groups is 1. The third kappa shape index (κ3) is 7.48. The smallest absolute Gasteiger partial charge is 0.335 e. The number of carbonyl (C=O) groups excluding carboxylic acids is 1. The highest BCUT2D eigenvalue weighted by atomic mass is 32.2. The fourth-order valence-electron chi connectivity index (χ4n) is 4.43. The van der Waals surface area contributed by atoms with Gasteiger partial charge in [-0.05, 0) is 96.9 Å². The van der Waals surface area contributed by atoms with Gasteiger partial charge in [-0.25, -0.2) is 9.79 Å². The van der Waals surface area contributed by atoms with Crippen LogP contribution in [-0.4, -0.2) is 40.8 Å². The van der Waals surface area contributed by atoms with Gasteiger partial charge in [0.25, 0.3) is 5.91 Å². The number of hydrogen-bond donors (Lipinski definition) is 1. The summed E-state index contributed by atoms with van der Waals surface area (Å²) in [6.45, 7) is 5.05. The van der Waals surface area contributed by atoms with Crippen LogP contribution < -0.4 is 14.2 Å². The fourth-order valence-corrected chi connectivity index (χ4v) is 5.43. The predicted octanol–water partition coefficient (Wildman–Crippen LogP) is 7.48. The van der Waals surface area contributed by atoms with Crippen LogP contribution in [0.5, 0.6) is 17.2 Å². The molecule has 1 fully saturated rings. The Kier molecular flexibility index (Phi) is 9.66. The molecule has 0 saturated carbocycles. The van der Waals surface area contributed by atoms with Gasteiger partial charge < -0.3 is 19.3 Å². The van der Waals surface area contributed by atoms with E-state index < -0.39 is 5.97 Å². The highest BCUT2D eigenvalue weighted by Crippen LogP contribution is 2.37. The summed E-state index contributed by atoms with van der Waals surface area (Å²) in [6.07, 6.45) is 1.82. The Morgan fingerprint density at radius 1 is 0.909 bits per heavy atom. The number of carboxylic acid groups (broad SMARTS) is 1. The third-order valence-corrected chi connectivity index (χ3v) is 7.81. The molecule has 1 saturated heterocycles. The molecular weight excluding hydrogens is 576 g/mol. The zero-order chi connectivity index (χ0) is 31.1. The maximum Gasteiger partial charge on any atom is 0.335 e. The Morgan fingerprint density at radius 2 is 1.61 bits per heavy atom. The number of methoxy groups -OCH3 is 1. The van der Waals surface area contributed by atoms with E-state index in [-0.39, 0.29) is 18.0 Å². The van der Waals surface area contributed by atoms with Crippen molar-refractivity contribution in [2.24, 2.45) is 4.99 Å². The number of benzene rings is 4. The van der Waals surface area contributed by atoms with E-state index in [1.54, 1.807) is 24.1 Å². The Labute approximate surface area is 260 Å². The van der Waals surface area contributed by atoms with Crippen LogP contribution in [-0.2, 0) is 17.9 Å². The van der Waals surface area contributed by atoms with Gasteiger partial charge in [-0.3, -0.25) is 9.69 Å². The number of amides is 1. The summed E-state index contributed by atoms with van der Waals surface area (Å²) in [5, 5.41) is 9.77. The number of aryl methyl sites for hydroxylation is 1. The van der Waals surface area contributed by atoms with Crippen LogP contribution in [0, 0.1) is 6.92 Å². The average molecular weight is 609 g/mol. The number of carboxylic acids is 1. The molecular formula is C35H32N2O6S.